The quantitative estimate of drug-likeness (QED) is 0.876. The van der Waals surface area contributed by atoms with Gasteiger partial charge >= 0.3 is 0 Å². The predicted octanol–water partition coefficient (Wildman–Crippen LogP) is 2.86. The standard InChI is InChI=1S/C17H25FN2O/c1-12-6-5-9-16(13(12)2)20-17(21)11-19-10-14-7-3-4-8-15(14)18/h3-4,7-8,12-13,16,19H,5-6,9-11H2,1-2H3,(H,20,21)/t12-,13+,16+/m1/s1. The maximum absolute atomic E-state index is 13.4. The van der Waals surface area contributed by atoms with Crippen LogP contribution in [0.4, 0.5) is 4.39 Å². The van der Waals surface area contributed by atoms with E-state index in [1.807, 2.05) is 0 Å². The molecule has 3 nitrogen and oxygen atoms in total. The molecule has 0 unspecified atom stereocenters. The van der Waals surface area contributed by atoms with Crippen LogP contribution in [0.3, 0.4) is 0 Å². The van der Waals surface area contributed by atoms with Gasteiger partial charge in [-0.25, -0.2) is 4.39 Å². The van der Waals surface area contributed by atoms with Gasteiger partial charge in [0.1, 0.15) is 5.82 Å². The number of halogens is 1. The second kappa shape index (κ2) is 7.55. The first-order valence-corrected chi connectivity index (χ1v) is 7.81. The smallest absolute Gasteiger partial charge is 0.234 e. The summed E-state index contributed by atoms with van der Waals surface area (Å²) in [4.78, 5) is 12.0. The lowest BCUT2D eigenvalue weighted by molar-refractivity contribution is -0.121. The molecule has 21 heavy (non-hydrogen) atoms. The van der Waals surface area contributed by atoms with Crippen molar-refractivity contribution in [1.82, 2.24) is 10.6 Å². The van der Waals surface area contributed by atoms with Crippen LogP contribution in [-0.2, 0) is 11.3 Å². The number of hydrogen-bond acceptors (Lipinski definition) is 2. The molecule has 2 N–H and O–H groups in total. The van der Waals surface area contributed by atoms with Crippen LogP contribution in [-0.4, -0.2) is 18.5 Å². The third kappa shape index (κ3) is 4.53. The first-order valence-electron chi connectivity index (χ1n) is 7.81. The molecule has 3 atom stereocenters. The van der Waals surface area contributed by atoms with E-state index < -0.39 is 0 Å². The molecule has 4 heteroatoms. The van der Waals surface area contributed by atoms with Gasteiger partial charge in [0.15, 0.2) is 0 Å². The van der Waals surface area contributed by atoms with Crippen LogP contribution >= 0.6 is 0 Å². The molecule has 116 valence electrons. The maximum Gasteiger partial charge on any atom is 0.234 e. The number of hydrogen-bond donors (Lipinski definition) is 2. The molecular formula is C17H25FN2O. The monoisotopic (exact) mass is 292 g/mol. The molecule has 1 saturated carbocycles. The van der Waals surface area contributed by atoms with Crippen molar-refractivity contribution in [3.8, 4) is 0 Å². The Morgan fingerprint density at radius 1 is 1.29 bits per heavy atom. The van der Waals surface area contributed by atoms with Crippen LogP contribution in [0.2, 0.25) is 0 Å². The Labute approximate surface area is 126 Å². The zero-order chi connectivity index (χ0) is 15.2. The number of benzene rings is 1. The Morgan fingerprint density at radius 2 is 2.05 bits per heavy atom. The van der Waals surface area contributed by atoms with Gasteiger partial charge in [-0.1, -0.05) is 44.9 Å². The van der Waals surface area contributed by atoms with Gasteiger partial charge in [-0.05, 0) is 24.3 Å². The largest absolute Gasteiger partial charge is 0.352 e. The average Bonchev–Trinajstić information content (AvgIpc) is 2.46. The van der Waals surface area contributed by atoms with E-state index in [4.69, 9.17) is 0 Å². The first kappa shape index (κ1) is 16.0. The third-order valence-corrected chi connectivity index (χ3v) is 4.61. The lowest BCUT2D eigenvalue weighted by Crippen LogP contribution is -2.46. The lowest BCUT2D eigenvalue weighted by atomic mass is 9.78. The number of carbonyl (C=O) groups is 1. The summed E-state index contributed by atoms with van der Waals surface area (Å²) in [5, 5.41) is 6.11. The molecule has 0 heterocycles. The maximum atomic E-state index is 13.4. The van der Waals surface area contributed by atoms with E-state index in [2.05, 4.69) is 24.5 Å². The fraction of sp³-hybridized carbons (Fsp3) is 0.588. The Morgan fingerprint density at radius 3 is 2.81 bits per heavy atom. The summed E-state index contributed by atoms with van der Waals surface area (Å²) < 4.78 is 13.4. The van der Waals surface area contributed by atoms with E-state index >= 15 is 0 Å². The van der Waals surface area contributed by atoms with Crippen molar-refractivity contribution in [2.45, 2.75) is 45.7 Å². The highest BCUT2D eigenvalue weighted by atomic mass is 19.1. The number of carbonyl (C=O) groups excluding carboxylic acids is 1. The molecular weight excluding hydrogens is 267 g/mol. The first-order chi connectivity index (χ1) is 10.1. The van der Waals surface area contributed by atoms with E-state index in [1.165, 1.54) is 18.9 Å². The van der Waals surface area contributed by atoms with Crippen LogP contribution in [0, 0.1) is 17.7 Å². The zero-order valence-corrected chi connectivity index (χ0v) is 12.9. The molecule has 1 aromatic rings. The van der Waals surface area contributed by atoms with Gasteiger partial charge in [0.2, 0.25) is 5.91 Å². The topological polar surface area (TPSA) is 41.1 Å². The Hall–Kier alpha value is -1.42. The van der Waals surface area contributed by atoms with Crippen molar-refractivity contribution in [3.05, 3.63) is 35.6 Å². The minimum atomic E-state index is -0.236. The van der Waals surface area contributed by atoms with Crippen LogP contribution < -0.4 is 10.6 Å². The van der Waals surface area contributed by atoms with Gasteiger partial charge in [0, 0.05) is 18.2 Å². The summed E-state index contributed by atoms with van der Waals surface area (Å²) in [6, 6.07) is 6.90. The minimum absolute atomic E-state index is 0.00251. The van der Waals surface area contributed by atoms with E-state index in [9.17, 15) is 9.18 Å². The second-order valence-corrected chi connectivity index (χ2v) is 6.14. The summed E-state index contributed by atoms with van der Waals surface area (Å²) in [5.41, 5.74) is 0.588. The normalized spacial score (nSPS) is 25.6. The highest BCUT2D eigenvalue weighted by Crippen LogP contribution is 2.29. The van der Waals surface area contributed by atoms with E-state index in [1.54, 1.807) is 18.2 Å². The van der Waals surface area contributed by atoms with Gasteiger partial charge in [-0.3, -0.25) is 4.79 Å². The van der Waals surface area contributed by atoms with Crippen molar-refractivity contribution < 1.29 is 9.18 Å². The summed E-state index contributed by atoms with van der Waals surface area (Å²) in [6.45, 7) is 5.06. The summed E-state index contributed by atoms with van der Waals surface area (Å²) in [7, 11) is 0. The fourth-order valence-electron chi connectivity index (χ4n) is 3.00. The van der Waals surface area contributed by atoms with Crippen molar-refractivity contribution in [2.75, 3.05) is 6.54 Å². The van der Waals surface area contributed by atoms with Crippen molar-refractivity contribution >= 4 is 5.91 Å². The van der Waals surface area contributed by atoms with Crippen LogP contribution in [0.5, 0.6) is 0 Å². The highest BCUT2D eigenvalue weighted by Gasteiger charge is 2.27. The minimum Gasteiger partial charge on any atom is -0.352 e. The van der Waals surface area contributed by atoms with E-state index in [-0.39, 0.29) is 24.3 Å². The number of rotatable bonds is 5. The molecule has 0 spiro atoms. The molecule has 0 aromatic heterocycles. The van der Waals surface area contributed by atoms with Crippen LogP contribution in [0.25, 0.3) is 0 Å². The molecule has 2 rings (SSSR count). The number of nitrogens with one attached hydrogen (secondary N) is 2. The van der Waals surface area contributed by atoms with Gasteiger partial charge in [0.05, 0.1) is 6.54 Å². The van der Waals surface area contributed by atoms with E-state index in [0.29, 0.717) is 23.9 Å². The third-order valence-electron chi connectivity index (χ3n) is 4.61. The Kier molecular flexibility index (Phi) is 5.74. The van der Waals surface area contributed by atoms with Crippen molar-refractivity contribution in [2.24, 2.45) is 11.8 Å². The zero-order valence-electron chi connectivity index (χ0n) is 12.9. The Balaban J connectivity index is 1.74. The molecule has 0 radical (unpaired) electrons. The molecule has 0 saturated heterocycles. The molecule has 1 aliphatic carbocycles. The molecule has 0 aliphatic heterocycles. The Bertz CT molecular complexity index is 478. The van der Waals surface area contributed by atoms with Crippen molar-refractivity contribution in [3.63, 3.8) is 0 Å². The highest BCUT2D eigenvalue weighted by molar-refractivity contribution is 5.78. The van der Waals surface area contributed by atoms with E-state index in [0.717, 1.165) is 6.42 Å². The lowest BCUT2D eigenvalue weighted by Gasteiger charge is -2.34. The molecule has 1 amide bonds. The van der Waals surface area contributed by atoms with Gasteiger partial charge in [-0.15, -0.1) is 0 Å². The van der Waals surface area contributed by atoms with Crippen molar-refractivity contribution in [1.29, 1.82) is 0 Å². The van der Waals surface area contributed by atoms with Gasteiger partial charge in [-0.2, -0.15) is 0 Å². The summed E-state index contributed by atoms with van der Waals surface area (Å²) >= 11 is 0. The molecule has 1 aromatic carbocycles. The summed E-state index contributed by atoms with van der Waals surface area (Å²) in [5.74, 6) is 0.946. The van der Waals surface area contributed by atoms with Crippen LogP contribution in [0.15, 0.2) is 24.3 Å². The van der Waals surface area contributed by atoms with Gasteiger partial charge in [0.25, 0.3) is 0 Å². The molecule has 1 aliphatic rings. The predicted molar refractivity (Wildman–Crippen MR) is 82.2 cm³/mol. The fourth-order valence-corrected chi connectivity index (χ4v) is 3.00. The molecule has 1 fully saturated rings. The summed E-state index contributed by atoms with van der Waals surface area (Å²) in [6.07, 6.45) is 3.49. The van der Waals surface area contributed by atoms with Gasteiger partial charge < -0.3 is 10.6 Å². The molecule has 0 bridgehead atoms. The second-order valence-electron chi connectivity index (χ2n) is 6.14. The SMILES string of the molecule is C[C@H]1[C@H](C)CCC[C@@H]1NC(=O)CNCc1ccccc1F. The average molecular weight is 292 g/mol. The van der Waals surface area contributed by atoms with Crippen LogP contribution in [0.1, 0.15) is 38.7 Å². The number of amides is 1.